The fourth-order valence-electron chi connectivity index (χ4n) is 1.95. The Bertz CT molecular complexity index is 518. The van der Waals surface area contributed by atoms with E-state index in [9.17, 15) is 10.1 Å². The van der Waals surface area contributed by atoms with Gasteiger partial charge in [0, 0.05) is 32.1 Å². The zero-order valence-electron chi connectivity index (χ0n) is 11.4. The van der Waals surface area contributed by atoms with Gasteiger partial charge in [-0.2, -0.15) is 0 Å². The lowest BCUT2D eigenvalue weighted by Crippen LogP contribution is -2.24. The monoisotopic (exact) mass is 278 g/mol. The largest absolute Gasteiger partial charge is 0.491 e. The molecule has 1 aromatic carbocycles. The van der Waals surface area contributed by atoms with E-state index in [-0.39, 0.29) is 5.69 Å². The van der Waals surface area contributed by atoms with Gasteiger partial charge >= 0.3 is 0 Å². The van der Waals surface area contributed by atoms with Gasteiger partial charge in [0.1, 0.15) is 5.75 Å². The van der Waals surface area contributed by atoms with Gasteiger partial charge in [0.2, 0.25) is 0 Å². The van der Waals surface area contributed by atoms with Crippen LogP contribution in [0.5, 0.6) is 5.75 Å². The van der Waals surface area contributed by atoms with E-state index < -0.39 is 4.92 Å². The zero-order chi connectivity index (χ0) is 14.5. The number of nitro benzene ring substituents is 1. The van der Waals surface area contributed by atoms with Crippen LogP contribution < -0.4 is 10.5 Å². The van der Waals surface area contributed by atoms with E-state index in [0.717, 1.165) is 19.6 Å². The summed E-state index contributed by atoms with van der Waals surface area (Å²) in [5.41, 5.74) is 6.13. The maximum absolute atomic E-state index is 10.7. The molecule has 0 unspecified atom stereocenters. The summed E-state index contributed by atoms with van der Waals surface area (Å²) < 4.78 is 5.52. The van der Waals surface area contributed by atoms with Crippen molar-refractivity contribution in [2.75, 3.05) is 32.6 Å². The van der Waals surface area contributed by atoms with Crippen molar-refractivity contribution in [1.29, 1.82) is 0 Å². The van der Waals surface area contributed by atoms with Crippen LogP contribution >= 0.6 is 0 Å². The van der Waals surface area contributed by atoms with Crippen molar-refractivity contribution >= 4 is 11.4 Å². The first kappa shape index (κ1) is 14.0. The molecule has 20 heavy (non-hydrogen) atoms. The molecule has 0 aromatic heterocycles. The minimum atomic E-state index is -0.461. The van der Waals surface area contributed by atoms with Crippen molar-refractivity contribution in [3.8, 4) is 5.75 Å². The number of hydrogen-bond donors (Lipinski definition) is 1. The van der Waals surface area contributed by atoms with Crippen molar-refractivity contribution in [3.63, 3.8) is 0 Å². The van der Waals surface area contributed by atoms with Gasteiger partial charge in [-0.25, -0.2) is 0 Å². The van der Waals surface area contributed by atoms with Crippen molar-refractivity contribution in [2.45, 2.75) is 6.42 Å². The van der Waals surface area contributed by atoms with E-state index in [1.807, 2.05) is 19.4 Å². The van der Waals surface area contributed by atoms with Crippen molar-refractivity contribution in [1.82, 2.24) is 9.80 Å². The smallest absolute Gasteiger partial charge is 0.273 e. The van der Waals surface area contributed by atoms with Crippen LogP contribution in [0, 0.1) is 10.1 Å². The Kier molecular flexibility index (Phi) is 4.29. The summed E-state index contributed by atoms with van der Waals surface area (Å²) in [5, 5.41) is 10.7. The van der Waals surface area contributed by atoms with E-state index in [1.165, 1.54) is 18.2 Å². The van der Waals surface area contributed by atoms with Crippen LogP contribution in [0.1, 0.15) is 6.42 Å². The third-order valence-corrected chi connectivity index (χ3v) is 2.99. The second-order valence-corrected chi connectivity index (χ2v) is 4.69. The SMILES string of the molecule is CN1C=CN(CCCOc2cc([N+](=O)[O-])ccc2N)C1. The van der Waals surface area contributed by atoms with Crippen LogP contribution in [0.3, 0.4) is 0 Å². The summed E-state index contributed by atoms with van der Waals surface area (Å²) in [7, 11) is 2.01. The highest BCUT2D eigenvalue weighted by molar-refractivity contribution is 5.57. The second kappa shape index (κ2) is 6.14. The van der Waals surface area contributed by atoms with E-state index in [4.69, 9.17) is 10.5 Å². The molecular formula is C13H18N4O3. The van der Waals surface area contributed by atoms with Gasteiger partial charge in [0.05, 0.1) is 30.0 Å². The maximum atomic E-state index is 10.7. The number of nitrogen functional groups attached to an aromatic ring is 1. The fraction of sp³-hybridized carbons (Fsp3) is 0.385. The third kappa shape index (κ3) is 3.53. The number of rotatable bonds is 6. The predicted molar refractivity (Wildman–Crippen MR) is 76.1 cm³/mol. The fourth-order valence-corrected chi connectivity index (χ4v) is 1.95. The molecule has 0 aliphatic carbocycles. The number of nitro groups is 1. The summed E-state index contributed by atoms with van der Waals surface area (Å²) in [4.78, 5) is 14.5. The van der Waals surface area contributed by atoms with Gasteiger partial charge < -0.3 is 20.3 Å². The number of anilines is 1. The summed E-state index contributed by atoms with van der Waals surface area (Å²) in [6, 6.07) is 4.22. The molecule has 0 bridgehead atoms. The molecule has 0 saturated heterocycles. The second-order valence-electron chi connectivity index (χ2n) is 4.69. The lowest BCUT2D eigenvalue weighted by molar-refractivity contribution is -0.384. The van der Waals surface area contributed by atoms with Crippen LogP contribution in [0.4, 0.5) is 11.4 Å². The number of benzene rings is 1. The Hall–Kier alpha value is -2.44. The number of ether oxygens (including phenoxy) is 1. The first-order chi connectivity index (χ1) is 9.56. The van der Waals surface area contributed by atoms with Gasteiger partial charge in [-0.15, -0.1) is 0 Å². The highest BCUT2D eigenvalue weighted by atomic mass is 16.6. The normalized spacial score (nSPS) is 13.8. The summed E-state index contributed by atoms with van der Waals surface area (Å²) in [6.45, 7) is 2.22. The molecule has 7 nitrogen and oxygen atoms in total. The van der Waals surface area contributed by atoms with Gasteiger partial charge in [-0.05, 0) is 12.5 Å². The molecule has 0 atom stereocenters. The molecule has 1 aliphatic rings. The molecule has 0 saturated carbocycles. The molecular weight excluding hydrogens is 260 g/mol. The van der Waals surface area contributed by atoms with Crippen LogP contribution in [0.15, 0.2) is 30.6 Å². The molecule has 0 radical (unpaired) electrons. The van der Waals surface area contributed by atoms with Gasteiger partial charge in [0.25, 0.3) is 5.69 Å². The average molecular weight is 278 g/mol. The standard InChI is InChI=1S/C13H18N4O3/c1-15-6-7-16(10-15)5-2-8-20-13-9-11(17(18)19)3-4-12(13)14/h3-4,6-7,9H,2,5,8,10,14H2,1H3. The Balaban J connectivity index is 1.80. The minimum Gasteiger partial charge on any atom is -0.491 e. The van der Waals surface area contributed by atoms with Crippen LogP contribution in [-0.2, 0) is 0 Å². The molecule has 1 aliphatic heterocycles. The molecule has 2 N–H and O–H groups in total. The summed E-state index contributed by atoms with van der Waals surface area (Å²) >= 11 is 0. The van der Waals surface area contributed by atoms with Gasteiger partial charge in [-0.3, -0.25) is 10.1 Å². The Morgan fingerprint density at radius 1 is 1.45 bits per heavy atom. The van der Waals surface area contributed by atoms with Crippen molar-refractivity contribution < 1.29 is 9.66 Å². The van der Waals surface area contributed by atoms with E-state index in [2.05, 4.69) is 9.80 Å². The quantitative estimate of drug-likeness (QED) is 0.368. The lowest BCUT2D eigenvalue weighted by atomic mass is 10.2. The number of hydrogen-bond acceptors (Lipinski definition) is 6. The zero-order valence-corrected chi connectivity index (χ0v) is 11.4. The molecule has 2 rings (SSSR count). The van der Waals surface area contributed by atoms with E-state index >= 15 is 0 Å². The molecule has 7 heteroatoms. The van der Waals surface area contributed by atoms with Crippen molar-refractivity contribution in [2.24, 2.45) is 0 Å². The van der Waals surface area contributed by atoms with Gasteiger partial charge in [0.15, 0.2) is 0 Å². The van der Waals surface area contributed by atoms with Gasteiger partial charge in [-0.1, -0.05) is 0 Å². The first-order valence-electron chi connectivity index (χ1n) is 6.35. The predicted octanol–water partition coefficient (Wildman–Crippen LogP) is 1.62. The Labute approximate surface area is 117 Å². The number of nitrogens with zero attached hydrogens (tertiary/aromatic N) is 3. The maximum Gasteiger partial charge on any atom is 0.273 e. The molecule has 1 heterocycles. The summed E-state index contributed by atoms with van der Waals surface area (Å²) in [5.74, 6) is 0.369. The third-order valence-electron chi connectivity index (χ3n) is 2.99. The molecule has 1 aromatic rings. The van der Waals surface area contributed by atoms with E-state index in [1.54, 1.807) is 0 Å². The number of non-ortho nitro benzene ring substituents is 1. The molecule has 0 spiro atoms. The Morgan fingerprint density at radius 2 is 2.25 bits per heavy atom. The Morgan fingerprint density at radius 3 is 2.90 bits per heavy atom. The van der Waals surface area contributed by atoms with Crippen LogP contribution in [-0.4, -0.2) is 41.6 Å². The lowest BCUT2D eigenvalue weighted by Gasteiger charge is -2.18. The minimum absolute atomic E-state index is 0.0155. The average Bonchev–Trinajstić information content (AvgIpc) is 2.82. The van der Waals surface area contributed by atoms with Crippen molar-refractivity contribution in [3.05, 3.63) is 40.7 Å². The molecule has 0 fully saturated rings. The summed E-state index contributed by atoms with van der Waals surface area (Å²) in [6.07, 6.45) is 4.86. The molecule has 0 amide bonds. The highest BCUT2D eigenvalue weighted by Crippen LogP contribution is 2.26. The number of nitrogens with two attached hydrogens (primary N) is 1. The topological polar surface area (TPSA) is 84.9 Å². The van der Waals surface area contributed by atoms with Crippen LogP contribution in [0.25, 0.3) is 0 Å². The highest BCUT2D eigenvalue weighted by Gasteiger charge is 2.11. The van der Waals surface area contributed by atoms with Crippen LogP contribution in [0.2, 0.25) is 0 Å². The van der Waals surface area contributed by atoms with E-state index in [0.29, 0.717) is 18.0 Å². The first-order valence-corrected chi connectivity index (χ1v) is 6.35. The molecule has 108 valence electrons.